The van der Waals surface area contributed by atoms with Crippen LogP contribution in [0.15, 0.2) is 42.5 Å². The molecule has 2 atom stereocenters. The van der Waals surface area contributed by atoms with Gasteiger partial charge in [0.2, 0.25) is 5.75 Å². The highest BCUT2D eigenvalue weighted by Gasteiger charge is 2.37. The van der Waals surface area contributed by atoms with E-state index in [1.807, 2.05) is 63.2 Å². The summed E-state index contributed by atoms with van der Waals surface area (Å²) in [6.07, 6.45) is -1.59. The monoisotopic (exact) mass is 460 g/mol. The zero-order chi connectivity index (χ0) is 24.6. The van der Waals surface area contributed by atoms with Gasteiger partial charge in [-0.15, -0.1) is 0 Å². The van der Waals surface area contributed by atoms with Crippen LogP contribution < -0.4 is 19.5 Å². The largest absolute Gasteiger partial charge is 0.493 e. The summed E-state index contributed by atoms with van der Waals surface area (Å²) in [7, 11) is 4.66. The zero-order valence-corrected chi connectivity index (χ0v) is 20.3. The first-order chi connectivity index (χ1) is 15.6. The molecular formula is C25H36N2O6. The fraction of sp³-hybridized carbons (Fsp3) is 0.480. The highest BCUT2D eigenvalue weighted by Crippen LogP contribution is 2.38. The van der Waals surface area contributed by atoms with E-state index in [0.717, 1.165) is 11.1 Å². The lowest BCUT2D eigenvalue weighted by Gasteiger charge is -2.42. The molecule has 0 aliphatic carbocycles. The molecule has 0 saturated heterocycles. The van der Waals surface area contributed by atoms with Crippen molar-refractivity contribution < 1.29 is 29.2 Å². The molecule has 182 valence electrons. The molecule has 2 aromatic rings. The fourth-order valence-corrected chi connectivity index (χ4v) is 3.92. The van der Waals surface area contributed by atoms with Crippen LogP contribution in [0.3, 0.4) is 0 Å². The number of benzene rings is 2. The van der Waals surface area contributed by atoms with Crippen LogP contribution in [0, 0.1) is 0 Å². The summed E-state index contributed by atoms with van der Waals surface area (Å²) >= 11 is 0. The van der Waals surface area contributed by atoms with Crippen molar-refractivity contribution in [3.05, 3.63) is 53.6 Å². The smallest absolute Gasteiger partial charge is 0.408 e. The lowest BCUT2D eigenvalue weighted by atomic mass is 9.94. The number of aliphatic hydroxyl groups is 1. The lowest BCUT2D eigenvalue weighted by molar-refractivity contribution is 0.00770. The molecule has 0 unspecified atom stereocenters. The summed E-state index contributed by atoms with van der Waals surface area (Å²) in [4.78, 5) is 13.5. The average molecular weight is 461 g/mol. The number of aliphatic hydroxyl groups excluding tert-OH is 1. The summed E-state index contributed by atoms with van der Waals surface area (Å²) in [5.74, 6) is 1.59. The SMILES string of the molecule is COc1cc(CNC[C@@H](O)[C@H](Cc2ccccc2)N(C(=O)O)C(C)(C)C)cc(OC)c1OC. The van der Waals surface area contributed by atoms with Crippen molar-refractivity contribution in [3.63, 3.8) is 0 Å². The minimum Gasteiger partial charge on any atom is -0.493 e. The Morgan fingerprint density at radius 1 is 1.00 bits per heavy atom. The van der Waals surface area contributed by atoms with Gasteiger partial charge in [0, 0.05) is 18.6 Å². The number of rotatable bonds is 11. The van der Waals surface area contributed by atoms with Gasteiger partial charge in [0.1, 0.15) is 0 Å². The topological polar surface area (TPSA) is 100 Å². The standard InChI is InChI=1S/C25H36N2O6/c1-25(2,3)27(24(29)30)19(12-17-10-8-7-9-11-17)20(28)16-26-15-18-13-21(31-4)23(33-6)22(14-18)32-5/h7-11,13-14,19-20,26,28H,12,15-16H2,1-6H3,(H,29,30)/t19-,20+/m0/s1. The van der Waals surface area contributed by atoms with Crippen molar-refractivity contribution in [3.8, 4) is 17.2 Å². The van der Waals surface area contributed by atoms with Crippen molar-refractivity contribution in [1.82, 2.24) is 10.2 Å². The number of amides is 1. The molecule has 0 aromatic heterocycles. The van der Waals surface area contributed by atoms with E-state index in [4.69, 9.17) is 14.2 Å². The molecule has 0 aliphatic heterocycles. The van der Waals surface area contributed by atoms with Gasteiger partial charge < -0.3 is 29.7 Å². The second-order valence-electron chi connectivity index (χ2n) is 8.81. The molecule has 8 nitrogen and oxygen atoms in total. The molecule has 8 heteroatoms. The Morgan fingerprint density at radius 3 is 2.03 bits per heavy atom. The van der Waals surface area contributed by atoms with Crippen LogP contribution in [0.4, 0.5) is 4.79 Å². The Hall–Kier alpha value is -2.97. The van der Waals surface area contributed by atoms with E-state index in [9.17, 15) is 15.0 Å². The molecule has 33 heavy (non-hydrogen) atoms. The summed E-state index contributed by atoms with van der Waals surface area (Å²) in [5.41, 5.74) is 1.16. The predicted octanol–water partition coefficient (Wildman–Crippen LogP) is 3.55. The Kier molecular flexibility index (Phi) is 9.37. The molecule has 0 fully saturated rings. The van der Waals surface area contributed by atoms with E-state index in [1.54, 1.807) is 21.3 Å². The number of methoxy groups -OCH3 is 3. The summed E-state index contributed by atoms with van der Waals surface area (Å²) < 4.78 is 16.1. The highest BCUT2D eigenvalue weighted by atomic mass is 16.5. The van der Waals surface area contributed by atoms with Gasteiger partial charge in [-0.2, -0.15) is 0 Å². The van der Waals surface area contributed by atoms with Crippen LogP contribution in [0.1, 0.15) is 31.9 Å². The van der Waals surface area contributed by atoms with Crippen LogP contribution >= 0.6 is 0 Å². The molecule has 0 radical (unpaired) electrons. The van der Waals surface area contributed by atoms with E-state index in [1.165, 1.54) is 4.90 Å². The molecule has 3 N–H and O–H groups in total. The van der Waals surface area contributed by atoms with Crippen molar-refractivity contribution >= 4 is 6.09 Å². The third kappa shape index (κ3) is 7.00. The van der Waals surface area contributed by atoms with Crippen LogP contribution in [0.25, 0.3) is 0 Å². The first-order valence-corrected chi connectivity index (χ1v) is 10.9. The maximum Gasteiger partial charge on any atom is 0.408 e. The Morgan fingerprint density at radius 2 is 1.58 bits per heavy atom. The number of hydrogen-bond acceptors (Lipinski definition) is 6. The second-order valence-corrected chi connectivity index (χ2v) is 8.81. The number of carbonyl (C=O) groups is 1. The van der Waals surface area contributed by atoms with Gasteiger partial charge in [-0.25, -0.2) is 4.79 Å². The second kappa shape index (κ2) is 11.8. The normalized spacial score (nSPS) is 13.2. The molecular weight excluding hydrogens is 424 g/mol. The average Bonchev–Trinajstić information content (AvgIpc) is 2.77. The lowest BCUT2D eigenvalue weighted by Crippen LogP contribution is -2.58. The number of nitrogens with one attached hydrogen (secondary N) is 1. The molecule has 0 saturated carbocycles. The quantitative estimate of drug-likeness (QED) is 0.471. The van der Waals surface area contributed by atoms with Crippen molar-refractivity contribution in [1.29, 1.82) is 0 Å². The first-order valence-electron chi connectivity index (χ1n) is 10.9. The third-order valence-electron chi connectivity index (χ3n) is 5.40. The van der Waals surface area contributed by atoms with Crippen LogP contribution in [0.5, 0.6) is 17.2 Å². The van der Waals surface area contributed by atoms with Crippen LogP contribution in [0.2, 0.25) is 0 Å². The van der Waals surface area contributed by atoms with Crippen molar-refractivity contribution in [2.45, 2.75) is 51.4 Å². The maximum atomic E-state index is 12.1. The fourth-order valence-electron chi connectivity index (χ4n) is 3.92. The van der Waals surface area contributed by atoms with E-state index in [0.29, 0.717) is 30.2 Å². The van der Waals surface area contributed by atoms with Gasteiger partial charge in [0.15, 0.2) is 11.5 Å². The number of nitrogens with zero attached hydrogens (tertiary/aromatic N) is 1. The van der Waals surface area contributed by atoms with Crippen LogP contribution in [-0.4, -0.2) is 66.8 Å². The van der Waals surface area contributed by atoms with E-state index < -0.39 is 23.8 Å². The maximum absolute atomic E-state index is 12.1. The van der Waals surface area contributed by atoms with Crippen molar-refractivity contribution in [2.24, 2.45) is 0 Å². The number of hydrogen-bond donors (Lipinski definition) is 3. The van der Waals surface area contributed by atoms with Gasteiger partial charge in [0.25, 0.3) is 0 Å². The van der Waals surface area contributed by atoms with E-state index in [2.05, 4.69) is 5.32 Å². The molecule has 0 heterocycles. The summed E-state index contributed by atoms with van der Waals surface area (Å²) in [5, 5.41) is 24.2. The molecule has 2 rings (SSSR count). The molecule has 0 aliphatic rings. The molecule has 1 amide bonds. The summed E-state index contributed by atoms with van der Waals surface area (Å²) in [6.45, 7) is 6.11. The van der Waals surface area contributed by atoms with Crippen molar-refractivity contribution in [2.75, 3.05) is 27.9 Å². The van der Waals surface area contributed by atoms with Crippen LogP contribution in [-0.2, 0) is 13.0 Å². The Balaban J connectivity index is 2.19. The van der Waals surface area contributed by atoms with E-state index >= 15 is 0 Å². The number of carboxylic acid groups (broad SMARTS) is 1. The van der Waals surface area contributed by atoms with Gasteiger partial charge in [-0.3, -0.25) is 4.90 Å². The minimum atomic E-state index is -1.06. The van der Waals surface area contributed by atoms with Gasteiger partial charge in [-0.05, 0) is 50.5 Å². The predicted molar refractivity (Wildman–Crippen MR) is 127 cm³/mol. The molecule has 0 spiro atoms. The molecule has 0 bridgehead atoms. The van der Waals surface area contributed by atoms with Gasteiger partial charge in [0.05, 0.1) is 33.5 Å². The molecule has 2 aromatic carbocycles. The first kappa shape index (κ1) is 26.3. The third-order valence-corrected chi connectivity index (χ3v) is 5.40. The van der Waals surface area contributed by atoms with Gasteiger partial charge >= 0.3 is 6.09 Å². The highest BCUT2D eigenvalue weighted by molar-refractivity contribution is 5.66. The Bertz CT molecular complexity index is 873. The van der Waals surface area contributed by atoms with Gasteiger partial charge in [-0.1, -0.05) is 30.3 Å². The minimum absolute atomic E-state index is 0.202. The Labute approximate surface area is 196 Å². The zero-order valence-electron chi connectivity index (χ0n) is 20.3. The van der Waals surface area contributed by atoms with E-state index in [-0.39, 0.29) is 6.54 Å². The number of ether oxygens (including phenoxy) is 3. The summed E-state index contributed by atoms with van der Waals surface area (Å²) in [6, 6.07) is 12.6.